The molecule has 1 heterocycles. The van der Waals surface area contributed by atoms with Gasteiger partial charge in [-0.3, -0.25) is 0 Å². The van der Waals surface area contributed by atoms with Crippen LogP contribution in [0.15, 0.2) is 12.1 Å². The van der Waals surface area contributed by atoms with Gasteiger partial charge in [0, 0.05) is 17.3 Å². The van der Waals surface area contributed by atoms with Gasteiger partial charge in [0.2, 0.25) is 0 Å². The van der Waals surface area contributed by atoms with E-state index in [1.54, 1.807) is 0 Å². The molecule has 1 aromatic carbocycles. The van der Waals surface area contributed by atoms with Crippen molar-refractivity contribution in [2.45, 2.75) is 25.5 Å². The predicted octanol–water partition coefficient (Wildman–Crippen LogP) is 3.41. The fraction of sp³-hybridized carbons (Fsp3) is 0.417. The highest BCUT2D eigenvalue weighted by Gasteiger charge is 2.41. The molecule has 0 aliphatic carbocycles. The van der Waals surface area contributed by atoms with E-state index in [0.717, 1.165) is 17.3 Å². The average Bonchev–Trinajstić information content (AvgIpc) is 3.06. The first kappa shape index (κ1) is 15.2. The number of ether oxygens (including phenoxy) is 1. The molecule has 18 heavy (non-hydrogen) atoms. The molecule has 1 aliphatic heterocycles. The Bertz CT molecular complexity index is 498. The van der Waals surface area contributed by atoms with E-state index < -0.39 is 5.60 Å². The summed E-state index contributed by atoms with van der Waals surface area (Å²) in [4.78, 5) is 12.3. The number of benzene rings is 1. The van der Waals surface area contributed by atoms with Crippen LogP contribution in [0.3, 0.4) is 0 Å². The second-order valence-electron chi connectivity index (χ2n) is 4.70. The minimum Gasteiger partial charge on any atom is -0.454 e. The zero-order valence-corrected chi connectivity index (χ0v) is 16.4. The van der Waals surface area contributed by atoms with Crippen molar-refractivity contribution in [2.24, 2.45) is 0 Å². The number of carbonyl (C=O) groups excluding carboxylic acids is 1. The zero-order valence-electron chi connectivity index (χ0n) is 9.89. The van der Waals surface area contributed by atoms with Gasteiger partial charge >= 0.3 is 5.97 Å². The minimum atomic E-state index is -0.452. The predicted molar refractivity (Wildman–Crippen MR) is 95.9 cm³/mol. The van der Waals surface area contributed by atoms with E-state index >= 15 is 0 Å². The van der Waals surface area contributed by atoms with Crippen LogP contribution in [-0.4, -0.2) is 24.2 Å². The van der Waals surface area contributed by atoms with Crippen LogP contribution in [0.4, 0.5) is 0 Å². The van der Waals surface area contributed by atoms with Crippen molar-refractivity contribution in [3.63, 3.8) is 0 Å². The SMILES string of the molecule is CC(C)(OC(=O)c1cc(I)cc(I)c1I)C1CN1. The molecule has 1 aliphatic rings. The summed E-state index contributed by atoms with van der Waals surface area (Å²) in [6.07, 6.45) is 0. The average molecular weight is 583 g/mol. The Kier molecular flexibility index (Phi) is 4.81. The number of rotatable bonds is 3. The number of hydrogen-bond donors (Lipinski definition) is 1. The van der Waals surface area contributed by atoms with E-state index in [1.165, 1.54) is 0 Å². The Morgan fingerprint density at radius 1 is 1.39 bits per heavy atom. The monoisotopic (exact) mass is 583 g/mol. The highest BCUT2D eigenvalue weighted by Crippen LogP contribution is 2.27. The lowest BCUT2D eigenvalue weighted by atomic mass is 10.1. The highest BCUT2D eigenvalue weighted by atomic mass is 127. The van der Waals surface area contributed by atoms with Crippen molar-refractivity contribution < 1.29 is 9.53 Å². The number of nitrogens with one attached hydrogen (secondary N) is 1. The van der Waals surface area contributed by atoms with Crippen LogP contribution in [-0.2, 0) is 4.74 Å². The van der Waals surface area contributed by atoms with E-state index in [-0.39, 0.29) is 12.0 Å². The first-order valence-corrected chi connectivity index (χ1v) is 8.66. The minimum absolute atomic E-state index is 0.241. The van der Waals surface area contributed by atoms with Gasteiger partial charge in [0.05, 0.1) is 11.6 Å². The number of carbonyl (C=O) groups is 1. The molecule has 0 bridgehead atoms. The number of hydrogen-bond acceptors (Lipinski definition) is 3. The third kappa shape index (κ3) is 3.48. The van der Waals surface area contributed by atoms with Crippen molar-refractivity contribution in [1.82, 2.24) is 5.32 Å². The number of esters is 1. The van der Waals surface area contributed by atoms with Crippen LogP contribution in [0.25, 0.3) is 0 Å². The molecule has 1 N–H and O–H groups in total. The summed E-state index contributed by atoms with van der Waals surface area (Å²) in [5.74, 6) is -0.241. The standard InChI is InChI=1S/C12H12I3NO2/c1-12(2,9-5-16-9)18-11(17)7-3-6(13)4-8(14)10(7)15/h3-4,9,16H,5H2,1-2H3. The van der Waals surface area contributed by atoms with Crippen LogP contribution >= 0.6 is 67.8 Å². The third-order valence-electron chi connectivity index (χ3n) is 2.82. The summed E-state index contributed by atoms with van der Waals surface area (Å²) in [5.41, 5.74) is 0.202. The molecular weight excluding hydrogens is 571 g/mol. The molecule has 6 heteroatoms. The molecule has 1 aromatic rings. The van der Waals surface area contributed by atoms with Crippen molar-refractivity contribution in [3.05, 3.63) is 28.4 Å². The fourth-order valence-corrected chi connectivity index (χ4v) is 4.00. The topological polar surface area (TPSA) is 48.2 Å². The molecule has 0 amide bonds. The van der Waals surface area contributed by atoms with Crippen LogP contribution in [0.5, 0.6) is 0 Å². The van der Waals surface area contributed by atoms with Crippen molar-refractivity contribution in [1.29, 1.82) is 0 Å². The first-order valence-electron chi connectivity index (χ1n) is 5.42. The maximum absolute atomic E-state index is 12.3. The molecular formula is C12H12I3NO2. The maximum atomic E-state index is 12.3. The van der Waals surface area contributed by atoms with Crippen molar-refractivity contribution >= 4 is 73.7 Å². The van der Waals surface area contributed by atoms with Gasteiger partial charge in [0.25, 0.3) is 0 Å². The number of halogens is 3. The van der Waals surface area contributed by atoms with Gasteiger partial charge in [-0.1, -0.05) is 0 Å². The molecule has 1 unspecified atom stereocenters. The molecule has 0 saturated carbocycles. The molecule has 3 nitrogen and oxygen atoms in total. The van der Waals surface area contributed by atoms with Gasteiger partial charge < -0.3 is 10.1 Å². The van der Waals surface area contributed by atoms with Crippen molar-refractivity contribution in [3.8, 4) is 0 Å². The lowest BCUT2D eigenvalue weighted by Gasteiger charge is -2.24. The van der Waals surface area contributed by atoms with Gasteiger partial charge in [-0.25, -0.2) is 4.79 Å². The van der Waals surface area contributed by atoms with Gasteiger partial charge in [-0.05, 0) is 93.8 Å². The highest BCUT2D eigenvalue weighted by molar-refractivity contribution is 14.1. The van der Waals surface area contributed by atoms with Gasteiger partial charge in [0.15, 0.2) is 0 Å². The fourth-order valence-electron chi connectivity index (χ4n) is 1.62. The normalized spacial score (nSPS) is 18.6. The molecule has 1 atom stereocenters. The zero-order chi connectivity index (χ0) is 13.5. The maximum Gasteiger partial charge on any atom is 0.339 e. The van der Waals surface area contributed by atoms with Gasteiger partial charge in [0.1, 0.15) is 5.60 Å². The van der Waals surface area contributed by atoms with Crippen molar-refractivity contribution in [2.75, 3.05) is 6.54 Å². The van der Waals surface area contributed by atoms with E-state index in [1.807, 2.05) is 26.0 Å². The summed E-state index contributed by atoms with van der Waals surface area (Å²) in [7, 11) is 0. The molecule has 1 saturated heterocycles. The third-order valence-corrected chi connectivity index (χ3v) is 6.48. The van der Waals surface area contributed by atoms with E-state index in [2.05, 4.69) is 73.1 Å². The van der Waals surface area contributed by atoms with E-state index in [9.17, 15) is 4.79 Å². The summed E-state index contributed by atoms with van der Waals surface area (Å²) >= 11 is 6.65. The lowest BCUT2D eigenvalue weighted by molar-refractivity contribution is -0.00147. The lowest BCUT2D eigenvalue weighted by Crippen LogP contribution is -2.35. The molecule has 2 rings (SSSR count). The Labute approximate surface area is 147 Å². The summed E-state index contributed by atoms with van der Waals surface area (Å²) in [6, 6.07) is 4.21. The molecule has 0 aromatic heterocycles. The molecule has 0 spiro atoms. The van der Waals surface area contributed by atoms with Gasteiger partial charge in [-0.15, -0.1) is 0 Å². The second-order valence-corrected chi connectivity index (χ2v) is 8.19. The van der Waals surface area contributed by atoms with Crippen LogP contribution in [0.1, 0.15) is 24.2 Å². The second kappa shape index (κ2) is 5.68. The molecule has 0 radical (unpaired) electrons. The van der Waals surface area contributed by atoms with E-state index in [4.69, 9.17) is 4.74 Å². The van der Waals surface area contributed by atoms with Crippen LogP contribution in [0, 0.1) is 10.7 Å². The Morgan fingerprint density at radius 2 is 2.00 bits per heavy atom. The Balaban J connectivity index is 2.23. The molecule has 98 valence electrons. The summed E-state index contributed by atoms with van der Waals surface area (Å²) in [6.45, 7) is 4.81. The molecule has 1 fully saturated rings. The Hall–Kier alpha value is 0.840. The Morgan fingerprint density at radius 3 is 2.56 bits per heavy atom. The van der Waals surface area contributed by atoms with Gasteiger partial charge in [-0.2, -0.15) is 0 Å². The summed E-state index contributed by atoms with van der Waals surface area (Å²) in [5, 5.41) is 3.19. The smallest absolute Gasteiger partial charge is 0.339 e. The van der Waals surface area contributed by atoms with Crippen LogP contribution < -0.4 is 5.32 Å². The van der Waals surface area contributed by atoms with Crippen LogP contribution in [0.2, 0.25) is 0 Å². The quantitative estimate of drug-likeness (QED) is 0.257. The summed E-state index contributed by atoms with van der Waals surface area (Å²) < 4.78 is 8.71. The largest absolute Gasteiger partial charge is 0.454 e. The van der Waals surface area contributed by atoms with E-state index in [0.29, 0.717) is 5.56 Å². The first-order chi connectivity index (χ1) is 8.31.